The number of fused-ring (bicyclic) bond motifs is 1. The summed E-state index contributed by atoms with van der Waals surface area (Å²) >= 11 is 0. The molecule has 6 nitrogen and oxygen atoms in total. The number of carbonyl (C=O) groups is 1. The Kier molecular flexibility index (Phi) is 5.09. The Morgan fingerprint density at radius 1 is 1.28 bits per heavy atom. The Morgan fingerprint density at radius 2 is 2.08 bits per heavy atom. The van der Waals surface area contributed by atoms with Crippen molar-refractivity contribution in [1.29, 1.82) is 0 Å². The number of amides is 1. The first-order valence-corrected chi connectivity index (χ1v) is 8.17. The fraction of sp³-hybridized carbons (Fsp3) is 0.316. The first kappa shape index (κ1) is 17.1. The summed E-state index contributed by atoms with van der Waals surface area (Å²) in [7, 11) is 0. The number of nitrogens with one attached hydrogen (secondary N) is 1. The number of hydrogen-bond acceptors (Lipinski definition) is 5. The van der Waals surface area contributed by atoms with E-state index in [1.165, 1.54) is 5.56 Å². The Bertz CT molecular complexity index is 776. The van der Waals surface area contributed by atoms with E-state index >= 15 is 0 Å². The maximum atomic E-state index is 11.1. The highest BCUT2D eigenvalue weighted by molar-refractivity contribution is 5.79. The van der Waals surface area contributed by atoms with Crippen LogP contribution in [-0.4, -0.2) is 18.7 Å². The molecule has 1 heterocycles. The lowest BCUT2D eigenvalue weighted by Gasteiger charge is -2.14. The predicted octanol–water partition coefficient (Wildman–Crippen LogP) is 2.27. The van der Waals surface area contributed by atoms with E-state index in [4.69, 9.17) is 19.9 Å². The van der Waals surface area contributed by atoms with E-state index in [1.807, 2.05) is 37.3 Å². The lowest BCUT2D eigenvalue weighted by molar-refractivity contribution is -0.119. The Labute approximate surface area is 146 Å². The predicted molar refractivity (Wildman–Crippen MR) is 93.6 cm³/mol. The minimum atomic E-state index is -0.421. The zero-order valence-corrected chi connectivity index (χ0v) is 14.4. The van der Waals surface area contributed by atoms with Gasteiger partial charge in [0.05, 0.1) is 6.04 Å². The van der Waals surface area contributed by atoms with E-state index in [0.29, 0.717) is 30.4 Å². The van der Waals surface area contributed by atoms with Gasteiger partial charge >= 0.3 is 0 Å². The summed E-state index contributed by atoms with van der Waals surface area (Å²) in [5, 5.41) is 3.06. The molecule has 0 saturated heterocycles. The highest BCUT2D eigenvalue weighted by Gasteiger charge is 2.23. The van der Waals surface area contributed by atoms with Gasteiger partial charge in [0.1, 0.15) is 6.61 Å². The van der Waals surface area contributed by atoms with Gasteiger partial charge in [-0.05, 0) is 25.5 Å². The van der Waals surface area contributed by atoms with Crippen molar-refractivity contribution in [2.24, 2.45) is 5.73 Å². The number of nitrogens with two attached hydrogens (primary N) is 1. The van der Waals surface area contributed by atoms with Crippen LogP contribution in [-0.2, 0) is 17.9 Å². The van der Waals surface area contributed by atoms with Gasteiger partial charge in [-0.2, -0.15) is 0 Å². The van der Waals surface area contributed by atoms with Gasteiger partial charge in [-0.25, -0.2) is 0 Å². The van der Waals surface area contributed by atoms with Gasteiger partial charge in [-0.1, -0.05) is 35.9 Å². The summed E-state index contributed by atoms with van der Waals surface area (Å²) in [5.41, 5.74) is 8.44. The second-order valence-electron chi connectivity index (χ2n) is 6.07. The molecule has 1 unspecified atom stereocenters. The maximum absolute atomic E-state index is 11.1. The van der Waals surface area contributed by atoms with Crippen molar-refractivity contribution < 1.29 is 19.0 Å². The van der Waals surface area contributed by atoms with Crippen LogP contribution in [0.1, 0.15) is 23.6 Å². The smallest absolute Gasteiger partial charge is 0.234 e. The second kappa shape index (κ2) is 7.44. The fourth-order valence-electron chi connectivity index (χ4n) is 2.61. The minimum Gasteiger partial charge on any atom is -0.485 e. The van der Waals surface area contributed by atoms with Crippen molar-refractivity contribution in [1.82, 2.24) is 5.32 Å². The van der Waals surface area contributed by atoms with Crippen LogP contribution in [0.15, 0.2) is 36.4 Å². The van der Waals surface area contributed by atoms with Crippen LogP contribution in [0.25, 0.3) is 0 Å². The lowest BCUT2D eigenvalue weighted by Crippen LogP contribution is -2.38. The van der Waals surface area contributed by atoms with E-state index in [9.17, 15) is 4.79 Å². The number of aryl methyl sites for hydroxylation is 1. The minimum absolute atomic E-state index is 0.151. The molecule has 0 radical (unpaired) electrons. The van der Waals surface area contributed by atoms with Crippen molar-refractivity contribution in [3.63, 3.8) is 0 Å². The van der Waals surface area contributed by atoms with Crippen LogP contribution >= 0.6 is 0 Å². The molecule has 0 aromatic heterocycles. The van der Waals surface area contributed by atoms with Crippen LogP contribution in [0.2, 0.25) is 0 Å². The SMILES string of the molecule is Cc1cccc(COc2ccc(CNC(C)C(N)=O)c3c2OCO3)c1. The molecule has 0 bridgehead atoms. The molecule has 0 saturated carbocycles. The van der Waals surface area contributed by atoms with Gasteiger partial charge in [-0.15, -0.1) is 0 Å². The number of carbonyl (C=O) groups excluding carboxylic acids is 1. The van der Waals surface area contributed by atoms with Crippen molar-refractivity contribution in [3.05, 3.63) is 53.1 Å². The van der Waals surface area contributed by atoms with Gasteiger partial charge in [-0.3, -0.25) is 4.79 Å². The van der Waals surface area contributed by atoms with E-state index in [0.717, 1.165) is 11.1 Å². The van der Waals surface area contributed by atoms with Gasteiger partial charge < -0.3 is 25.3 Å². The van der Waals surface area contributed by atoms with Gasteiger partial charge in [0.2, 0.25) is 18.4 Å². The molecule has 0 fully saturated rings. The van der Waals surface area contributed by atoms with Gasteiger partial charge in [0, 0.05) is 12.1 Å². The Balaban J connectivity index is 1.72. The van der Waals surface area contributed by atoms with E-state index in [-0.39, 0.29) is 6.79 Å². The molecule has 3 rings (SSSR count). The highest BCUT2D eigenvalue weighted by atomic mass is 16.7. The summed E-state index contributed by atoms with van der Waals surface area (Å²) in [5.74, 6) is 1.48. The van der Waals surface area contributed by atoms with Crippen LogP contribution in [0.3, 0.4) is 0 Å². The average molecular weight is 342 g/mol. The molecule has 2 aromatic carbocycles. The number of rotatable bonds is 7. The van der Waals surface area contributed by atoms with Crippen LogP contribution < -0.4 is 25.3 Å². The van der Waals surface area contributed by atoms with E-state index < -0.39 is 11.9 Å². The Morgan fingerprint density at radius 3 is 2.84 bits per heavy atom. The molecule has 3 N–H and O–H groups in total. The number of primary amides is 1. The molecule has 0 spiro atoms. The van der Waals surface area contributed by atoms with Crippen molar-refractivity contribution in [2.45, 2.75) is 33.0 Å². The highest BCUT2D eigenvalue weighted by Crippen LogP contribution is 2.43. The monoisotopic (exact) mass is 342 g/mol. The third kappa shape index (κ3) is 4.03. The molecule has 132 valence electrons. The second-order valence-corrected chi connectivity index (χ2v) is 6.07. The normalized spacial score (nSPS) is 13.5. The van der Waals surface area contributed by atoms with Crippen LogP contribution in [0.4, 0.5) is 0 Å². The zero-order valence-electron chi connectivity index (χ0n) is 14.4. The Hall–Kier alpha value is -2.73. The standard InChI is InChI=1S/C19H22N2O4/c1-12-4-3-5-14(8-12)10-23-16-7-6-15(9-21-13(2)19(20)22)17-18(16)25-11-24-17/h3-8,13,21H,9-11H2,1-2H3,(H2,20,22). The zero-order chi connectivity index (χ0) is 17.8. The first-order chi connectivity index (χ1) is 12.0. The molecular formula is C19H22N2O4. The number of ether oxygens (including phenoxy) is 3. The molecule has 6 heteroatoms. The number of benzene rings is 2. The molecule has 0 aliphatic carbocycles. The van der Waals surface area contributed by atoms with Crippen LogP contribution in [0.5, 0.6) is 17.2 Å². The molecule has 1 amide bonds. The molecule has 25 heavy (non-hydrogen) atoms. The summed E-state index contributed by atoms with van der Waals surface area (Å²) in [6.45, 7) is 4.83. The molecule has 1 atom stereocenters. The average Bonchev–Trinajstić information content (AvgIpc) is 3.08. The van der Waals surface area contributed by atoms with Gasteiger partial charge in [0.25, 0.3) is 0 Å². The van der Waals surface area contributed by atoms with E-state index in [1.54, 1.807) is 6.92 Å². The quantitative estimate of drug-likeness (QED) is 0.806. The molecular weight excluding hydrogens is 320 g/mol. The summed E-state index contributed by atoms with van der Waals surface area (Å²) in [4.78, 5) is 11.1. The molecule has 2 aromatic rings. The van der Waals surface area contributed by atoms with Crippen LogP contribution in [0, 0.1) is 6.92 Å². The van der Waals surface area contributed by atoms with Crippen molar-refractivity contribution >= 4 is 5.91 Å². The third-order valence-corrected chi connectivity index (χ3v) is 4.07. The van der Waals surface area contributed by atoms with Crippen molar-refractivity contribution in [3.8, 4) is 17.2 Å². The van der Waals surface area contributed by atoms with E-state index in [2.05, 4.69) is 11.4 Å². The van der Waals surface area contributed by atoms with Crippen molar-refractivity contribution in [2.75, 3.05) is 6.79 Å². The maximum Gasteiger partial charge on any atom is 0.234 e. The summed E-state index contributed by atoms with van der Waals surface area (Å²) in [6.07, 6.45) is 0. The largest absolute Gasteiger partial charge is 0.485 e. The lowest BCUT2D eigenvalue weighted by atomic mass is 10.1. The summed E-state index contributed by atoms with van der Waals surface area (Å²) in [6, 6.07) is 11.5. The summed E-state index contributed by atoms with van der Waals surface area (Å²) < 4.78 is 17.1. The molecule has 1 aliphatic rings. The topological polar surface area (TPSA) is 82.8 Å². The third-order valence-electron chi connectivity index (χ3n) is 4.07. The van der Waals surface area contributed by atoms with Gasteiger partial charge in [0.15, 0.2) is 11.5 Å². The number of hydrogen-bond donors (Lipinski definition) is 2. The first-order valence-electron chi connectivity index (χ1n) is 8.17. The molecule has 1 aliphatic heterocycles. The fourth-order valence-corrected chi connectivity index (χ4v) is 2.61.